The Labute approximate surface area is 148 Å². The molecule has 0 bridgehead atoms. The van der Waals surface area contributed by atoms with Gasteiger partial charge in [0, 0.05) is 58.1 Å². The van der Waals surface area contributed by atoms with Crippen molar-refractivity contribution < 1.29 is 9.84 Å². The van der Waals surface area contributed by atoms with Crippen molar-refractivity contribution in [1.29, 1.82) is 0 Å². The summed E-state index contributed by atoms with van der Waals surface area (Å²) >= 11 is 0. The average Bonchev–Trinajstić information content (AvgIpc) is 3.27. The van der Waals surface area contributed by atoms with Crippen LogP contribution in [0.15, 0.2) is 36.7 Å². The van der Waals surface area contributed by atoms with Gasteiger partial charge in [0.05, 0.1) is 19.3 Å². The van der Waals surface area contributed by atoms with E-state index in [1.165, 1.54) is 11.1 Å². The molecular weight excluding hydrogens is 316 g/mol. The third kappa shape index (κ3) is 4.21. The Morgan fingerprint density at radius 3 is 2.76 bits per heavy atom. The van der Waals surface area contributed by atoms with Crippen molar-refractivity contribution in [3.8, 4) is 5.75 Å². The maximum Gasteiger partial charge on any atom is 0.122 e. The van der Waals surface area contributed by atoms with Crippen LogP contribution in [0.25, 0.3) is 0 Å². The van der Waals surface area contributed by atoms with Crippen LogP contribution in [0.2, 0.25) is 0 Å². The molecule has 1 unspecified atom stereocenters. The number of aliphatic hydroxyl groups excluding tert-OH is 1. The Balaban J connectivity index is 1.23. The zero-order valence-electron chi connectivity index (χ0n) is 14.5. The summed E-state index contributed by atoms with van der Waals surface area (Å²) < 4.78 is 7.37. The molecule has 4 rings (SSSR count). The van der Waals surface area contributed by atoms with Gasteiger partial charge in [-0.25, -0.2) is 0 Å². The number of rotatable bonds is 6. The van der Waals surface area contributed by atoms with Crippen molar-refractivity contribution in [2.75, 3.05) is 39.3 Å². The highest BCUT2D eigenvalue weighted by molar-refractivity contribution is 5.39. The molecule has 134 valence electrons. The predicted octanol–water partition coefficient (Wildman–Crippen LogP) is 0.997. The molecule has 1 saturated heterocycles. The minimum atomic E-state index is -0.372. The molecule has 0 amide bonds. The number of aliphatic hydroxyl groups is 1. The lowest BCUT2D eigenvalue weighted by molar-refractivity contribution is 0.0605. The number of β-amino-alcohol motifs (C(OH)–C–C–N with tert-alkyl or cyclic N) is 1. The van der Waals surface area contributed by atoms with Crippen LogP contribution in [0.3, 0.4) is 0 Å². The first-order valence-electron chi connectivity index (χ1n) is 9.11. The Kier molecular flexibility index (Phi) is 5.01. The van der Waals surface area contributed by atoms with Crippen LogP contribution in [0.5, 0.6) is 5.75 Å². The van der Waals surface area contributed by atoms with Gasteiger partial charge in [0.25, 0.3) is 0 Å². The fourth-order valence-electron chi connectivity index (χ4n) is 3.71. The van der Waals surface area contributed by atoms with Gasteiger partial charge in [-0.15, -0.1) is 0 Å². The van der Waals surface area contributed by atoms with E-state index in [2.05, 4.69) is 33.1 Å². The van der Waals surface area contributed by atoms with Gasteiger partial charge in [0.1, 0.15) is 5.75 Å². The van der Waals surface area contributed by atoms with Crippen molar-refractivity contribution in [3.05, 3.63) is 47.8 Å². The Bertz CT molecular complexity index is 681. The first kappa shape index (κ1) is 16.6. The molecule has 0 aliphatic carbocycles. The van der Waals surface area contributed by atoms with Gasteiger partial charge in [-0.2, -0.15) is 5.10 Å². The van der Waals surface area contributed by atoms with Gasteiger partial charge in [-0.1, -0.05) is 12.1 Å². The molecule has 0 radical (unpaired) electrons. The monoisotopic (exact) mass is 342 g/mol. The summed E-state index contributed by atoms with van der Waals surface area (Å²) in [6.45, 7) is 7.18. The summed E-state index contributed by atoms with van der Waals surface area (Å²) in [6.07, 6.45) is 4.30. The molecule has 1 N–H and O–H groups in total. The number of hydrogen-bond donors (Lipinski definition) is 1. The minimum absolute atomic E-state index is 0.372. The largest absolute Gasteiger partial charge is 0.493 e. The number of hydrogen-bond acceptors (Lipinski definition) is 5. The van der Waals surface area contributed by atoms with Crippen molar-refractivity contribution in [1.82, 2.24) is 19.6 Å². The molecule has 1 aromatic carbocycles. The third-order valence-corrected chi connectivity index (χ3v) is 5.05. The highest BCUT2D eigenvalue weighted by atomic mass is 16.5. The summed E-state index contributed by atoms with van der Waals surface area (Å²) in [5, 5.41) is 14.4. The van der Waals surface area contributed by atoms with E-state index in [0.29, 0.717) is 13.1 Å². The Morgan fingerprint density at radius 2 is 1.96 bits per heavy atom. The Hall–Kier alpha value is -1.89. The second-order valence-electron chi connectivity index (χ2n) is 7.00. The molecule has 2 aliphatic rings. The predicted molar refractivity (Wildman–Crippen MR) is 95.6 cm³/mol. The quantitative estimate of drug-likeness (QED) is 0.849. The van der Waals surface area contributed by atoms with Crippen LogP contribution in [-0.4, -0.2) is 70.1 Å². The van der Waals surface area contributed by atoms with Crippen LogP contribution in [0.1, 0.15) is 11.1 Å². The number of piperazine rings is 1. The third-order valence-electron chi connectivity index (χ3n) is 5.05. The lowest BCUT2D eigenvalue weighted by Gasteiger charge is -2.35. The zero-order valence-corrected chi connectivity index (χ0v) is 14.5. The first-order valence-corrected chi connectivity index (χ1v) is 9.11. The van der Waals surface area contributed by atoms with Crippen LogP contribution in [0, 0.1) is 0 Å². The smallest absolute Gasteiger partial charge is 0.122 e. The van der Waals surface area contributed by atoms with E-state index in [9.17, 15) is 5.11 Å². The van der Waals surface area contributed by atoms with Gasteiger partial charge in [0.15, 0.2) is 0 Å². The summed E-state index contributed by atoms with van der Waals surface area (Å²) in [5.74, 6) is 1.06. The van der Waals surface area contributed by atoms with Gasteiger partial charge in [-0.05, 0) is 23.3 Å². The van der Waals surface area contributed by atoms with Crippen molar-refractivity contribution in [2.24, 2.45) is 0 Å². The van der Waals surface area contributed by atoms with E-state index < -0.39 is 0 Å². The first-order chi connectivity index (χ1) is 12.3. The SMILES string of the molecule is OC(CN1CCN(Cc2ccc3c(c2)CCO3)CC1)Cn1cccn1. The molecular formula is C19H26N4O2. The summed E-state index contributed by atoms with van der Waals surface area (Å²) in [5.41, 5.74) is 2.72. The molecule has 1 atom stereocenters. The van der Waals surface area contributed by atoms with E-state index in [1.54, 1.807) is 10.9 Å². The zero-order chi connectivity index (χ0) is 17.1. The van der Waals surface area contributed by atoms with E-state index in [0.717, 1.165) is 51.5 Å². The minimum Gasteiger partial charge on any atom is -0.493 e. The summed E-state index contributed by atoms with van der Waals surface area (Å²) in [7, 11) is 0. The molecule has 2 aliphatic heterocycles. The number of fused-ring (bicyclic) bond motifs is 1. The standard InChI is InChI=1S/C19H26N4O2/c24-18(15-23-6-1-5-20-23)14-22-9-7-21(8-10-22)13-16-2-3-19-17(12-16)4-11-25-19/h1-3,5-6,12,18,24H,4,7-11,13-15H2. The lowest BCUT2D eigenvalue weighted by Crippen LogP contribution is -2.48. The molecule has 25 heavy (non-hydrogen) atoms. The fraction of sp³-hybridized carbons (Fsp3) is 0.526. The van der Waals surface area contributed by atoms with Gasteiger partial charge < -0.3 is 9.84 Å². The van der Waals surface area contributed by atoms with E-state index in [-0.39, 0.29) is 6.10 Å². The highest BCUT2D eigenvalue weighted by Crippen LogP contribution is 2.26. The van der Waals surface area contributed by atoms with Crippen LogP contribution in [-0.2, 0) is 19.5 Å². The van der Waals surface area contributed by atoms with Crippen LogP contribution < -0.4 is 4.74 Å². The molecule has 6 heteroatoms. The normalized spacial score (nSPS) is 19.6. The van der Waals surface area contributed by atoms with Gasteiger partial charge in [0.2, 0.25) is 0 Å². The molecule has 6 nitrogen and oxygen atoms in total. The highest BCUT2D eigenvalue weighted by Gasteiger charge is 2.20. The van der Waals surface area contributed by atoms with Crippen LogP contribution >= 0.6 is 0 Å². The van der Waals surface area contributed by atoms with Crippen molar-refractivity contribution in [2.45, 2.75) is 25.6 Å². The molecule has 3 heterocycles. The van der Waals surface area contributed by atoms with Crippen LogP contribution in [0.4, 0.5) is 0 Å². The molecule has 1 aromatic heterocycles. The van der Waals surface area contributed by atoms with E-state index >= 15 is 0 Å². The molecule has 2 aromatic rings. The molecule has 1 fully saturated rings. The second kappa shape index (κ2) is 7.56. The fourth-order valence-corrected chi connectivity index (χ4v) is 3.71. The van der Waals surface area contributed by atoms with Crippen molar-refractivity contribution in [3.63, 3.8) is 0 Å². The van der Waals surface area contributed by atoms with E-state index in [4.69, 9.17) is 4.74 Å². The van der Waals surface area contributed by atoms with Crippen molar-refractivity contribution >= 4 is 0 Å². The van der Waals surface area contributed by atoms with E-state index in [1.807, 2.05) is 12.3 Å². The molecule has 0 saturated carbocycles. The van der Waals surface area contributed by atoms with Gasteiger partial charge >= 0.3 is 0 Å². The Morgan fingerprint density at radius 1 is 1.12 bits per heavy atom. The van der Waals surface area contributed by atoms with Gasteiger partial charge in [-0.3, -0.25) is 14.5 Å². The summed E-state index contributed by atoms with van der Waals surface area (Å²) in [6, 6.07) is 8.48. The average molecular weight is 342 g/mol. The summed E-state index contributed by atoms with van der Waals surface area (Å²) in [4.78, 5) is 4.84. The maximum absolute atomic E-state index is 10.2. The maximum atomic E-state index is 10.2. The number of aromatic nitrogens is 2. The number of nitrogens with zero attached hydrogens (tertiary/aromatic N) is 4. The topological polar surface area (TPSA) is 53.8 Å². The lowest BCUT2D eigenvalue weighted by atomic mass is 10.1. The number of ether oxygens (including phenoxy) is 1. The number of benzene rings is 1. The molecule has 0 spiro atoms. The second-order valence-corrected chi connectivity index (χ2v) is 7.00.